The second-order valence-electron chi connectivity index (χ2n) is 9.13. The molecule has 4 rings (SSSR count). The van der Waals surface area contributed by atoms with E-state index in [-0.39, 0.29) is 29.7 Å². The number of halogens is 4. The van der Waals surface area contributed by atoms with Gasteiger partial charge in [-0.2, -0.15) is 0 Å². The molecule has 1 heterocycles. The minimum Gasteiger partial charge on any atom is -0.466 e. The Morgan fingerprint density at radius 2 is 1.79 bits per heavy atom. The molecular formula is C26H26ClF3N4O4. The average molecular weight is 551 g/mol. The summed E-state index contributed by atoms with van der Waals surface area (Å²) in [4.78, 5) is 24.6. The molecule has 1 amide bonds. The number of carbonyl (C=O) groups excluding carboxylic acids is 2. The molecule has 1 aliphatic rings. The van der Waals surface area contributed by atoms with Crippen LogP contribution < -0.4 is 10.6 Å². The second kappa shape index (κ2) is 11.8. The summed E-state index contributed by atoms with van der Waals surface area (Å²) in [6, 6.07) is 5.74. The number of carbonyl (C=O) groups is 2. The van der Waals surface area contributed by atoms with Gasteiger partial charge < -0.3 is 19.8 Å². The van der Waals surface area contributed by atoms with Gasteiger partial charge in [0.05, 0.1) is 18.2 Å². The Kier molecular flexibility index (Phi) is 8.55. The molecular weight excluding hydrogens is 525 g/mol. The van der Waals surface area contributed by atoms with Gasteiger partial charge in [-0.25, -0.2) is 13.2 Å². The predicted octanol–water partition coefficient (Wildman–Crippen LogP) is 6.61. The van der Waals surface area contributed by atoms with Crippen molar-refractivity contribution in [3.8, 4) is 0 Å². The van der Waals surface area contributed by atoms with Gasteiger partial charge in [0.2, 0.25) is 0 Å². The molecule has 0 bridgehead atoms. The van der Waals surface area contributed by atoms with Crippen molar-refractivity contribution in [2.24, 2.45) is 11.8 Å². The van der Waals surface area contributed by atoms with Crippen LogP contribution in [0.2, 0.25) is 5.02 Å². The minimum atomic E-state index is -1.35. The van der Waals surface area contributed by atoms with Crippen LogP contribution >= 0.6 is 11.6 Å². The number of rotatable bonds is 8. The number of anilines is 3. The summed E-state index contributed by atoms with van der Waals surface area (Å²) in [7, 11) is 0. The lowest BCUT2D eigenvalue weighted by atomic mass is 9.74. The summed E-state index contributed by atoms with van der Waals surface area (Å²) in [6.45, 7) is 4.09. The van der Waals surface area contributed by atoms with Gasteiger partial charge >= 0.3 is 23.8 Å². The first kappa shape index (κ1) is 27.4. The zero-order valence-electron chi connectivity index (χ0n) is 20.7. The third-order valence-corrected chi connectivity index (χ3v) is 7.03. The van der Waals surface area contributed by atoms with E-state index in [4.69, 9.17) is 20.8 Å². The fourth-order valence-electron chi connectivity index (χ4n) is 4.62. The van der Waals surface area contributed by atoms with Gasteiger partial charge in [-0.1, -0.05) is 29.7 Å². The number of amides is 1. The molecule has 0 aliphatic heterocycles. The number of ether oxygens (including phenoxy) is 1. The quantitative estimate of drug-likeness (QED) is 0.240. The van der Waals surface area contributed by atoms with Gasteiger partial charge in [0.1, 0.15) is 5.82 Å². The molecule has 0 radical (unpaired) electrons. The van der Waals surface area contributed by atoms with E-state index < -0.39 is 34.9 Å². The summed E-state index contributed by atoms with van der Waals surface area (Å²) in [6.07, 6.45) is 3.55. The molecule has 1 atom stereocenters. The van der Waals surface area contributed by atoms with Crippen molar-refractivity contribution in [2.45, 2.75) is 45.4 Å². The molecule has 1 aromatic heterocycles. The summed E-state index contributed by atoms with van der Waals surface area (Å²) < 4.78 is 50.6. The van der Waals surface area contributed by atoms with Crippen LogP contribution in [0.5, 0.6) is 0 Å². The van der Waals surface area contributed by atoms with Crippen LogP contribution in [0, 0.1) is 29.3 Å². The van der Waals surface area contributed by atoms with E-state index in [1.165, 1.54) is 0 Å². The second-order valence-corrected chi connectivity index (χ2v) is 9.53. The van der Waals surface area contributed by atoms with Gasteiger partial charge in [-0.05, 0) is 62.1 Å². The number of hydrogen-bond acceptors (Lipinski definition) is 7. The maximum Gasteiger partial charge on any atom is 0.320 e. The minimum absolute atomic E-state index is 0.139. The Balaban J connectivity index is 1.35. The van der Waals surface area contributed by atoms with Gasteiger partial charge in [-0.15, -0.1) is 5.10 Å². The van der Waals surface area contributed by atoms with E-state index in [0.29, 0.717) is 29.4 Å². The van der Waals surface area contributed by atoms with Crippen LogP contribution in [-0.2, 0) is 9.53 Å². The molecule has 8 nitrogen and oxygen atoms in total. The maximum atomic E-state index is 13.8. The number of nitrogens with zero attached hydrogens (tertiary/aromatic N) is 2. The Hall–Kier alpha value is -3.60. The van der Waals surface area contributed by atoms with Crippen molar-refractivity contribution in [3.05, 3.63) is 64.3 Å². The van der Waals surface area contributed by atoms with Crippen molar-refractivity contribution < 1.29 is 31.9 Å². The first-order valence-corrected chi connectivity index (χ1v) is 12.6. The first-order chi connectivity index (χ1) is 18.2. The maximum absolute atomic E-state index is 13.8. The lowest BCUT2D eigenvalue weighted by molar-refractivity contribution is -0.149. The van der Waals surface area contributed by atoms with Crippen molar-refractivity contribution in [2.75, 3.05) is 17.2 Å². The third kappa shape index (κ3) is 6.27. The fraction of sp³-hybridized carbons (Fsp3) is 0.385. The lowest BCUT2D eigenvalue weighted by Crippen LogP contribution is -2.26. The van der Waals surface area contributed by atoms with Crippen LogP contribution in [0.25, 0.3) is 0 Å². The molecule has 38 heavy (non-hydrogen) atoms. The summed E-state index contributed by atoms with van der Waals surface area (Å²) in [5.41, 5.74) is 0.920. The molecule has 202 valence electrons. The van der Waals surface area contributed by atoms with Crippen LogP contribution in [0.3, 0.4) is 0 Å². The third-order valence-electron chi connectivity index (χ3n) is 6.71. The Labute approximate surface area is 221 Å². The summed E-state index contributed by atoms with van der Waals surface area (Å²) in [5, 5.41) is 12.6. The van der Waals surface area contributed by atoms with E-state index in [1.54, 1.807) is 19.1 Å². The largest absolute Gasteiger partial charge is 0.466 e. The number of nitrogens with one attached hydrogen (secondary N) is 2. The normalized spacial score (nSPS) is 18.1. The fourth-order valence-corrected chi connectivity index (χ4v) is 4.95. The zero-order valence-corrected chi connectivity index (χ0v) is 21.4. The Morgan fingerprint density at radius 1 is 1.08 bits per heavy atom. The zero-order chi connectivity index (χ0) is 27.4. The molecule has 1 aliphatic carbocycles. The van der Waals surface area contributed by atoms with Crippen molar-refractivity contribution >= 4 is 40.9 Å². The molecule has 1 unspecified atom stereocenters. The molecule has 3 aromatic rings. The molecule has 1 fully saturated rings. The van der Waals surface area contributed by atoms with Gasteiger partial charge in [-0.3, -0.25) is 9.59 Å². The summed E-state index contributed by atoms with van der Waals surface area (Å²) in [5.74, 6) is -4.67. The monoisotopic (exact) mass is 550 g/mol. The molecule has 1 saturated carbocycles. The topological polar surface area (TPSA) is 106 Å². The standard InChI is InChI=1S/C26H26ClF3N4O4/c1-3-37-25(36)13(2)14-4-6-15(7-5-14)17-9-8-16(10-18(17)27)31-23(35)24-33-34-26(38-24)32-22-12-20(29)19(28)11-21(22)30/h8-15H,3-7H2,1-2H3,(H,31,35)(H,32,34)/t13?,14-,15-. The highest BCUT2D eigenvalue weighted by atomic mass is 35.5. The SMILES string of the molecule is CCOC(=O)C(C)[C@H]1CC[C@H](c2ccc(NC(=O)c3nnc(Nc4cc(F)c(F)cc4F)o3)cc2Cl)CC1. The van der Waals surface area contributed by atoms with Crippen LogP contribution in [0.15, 0.2) is 34.7 Å². The highest BCUT2D eigenvalue weighted by Crippen LogP contribution is 2.41. The lowest BCUT2D eigenvalue weighted by Gasteiger charge is -2.32. The molecule has 0 saturated heterocycles. The molecule has 0 spiro atoms. The Bertz CT molecular complexity index is 1330. The van der Waals surface area contributed by atoms with E-state index in [2.05, 4.69) is 20.8 Å². The highest BCUT2D eigenvalue weighted by Gasteiger charge is 2.31. The predicted molar refractivity (Wildman–Crippen MR) is 134 cm³/mol. The Morgan fingerprint density at radius 3 is 2.47 bits per heavy atom. The first-order valence-electron chi connectivity index (χ1n) is 12.2. The van der Waals surface area contributed by atoms with Crippen LogP contribution in [-0.4, -0.2) is 28.7 Å². The van der Waals surface area contributed by atoms with E-state index >= 15 is 0 Å². The average Bonchev–Trinajstić information content (AvgIpc) is 3.36. The smallest absolute Gasteiger partial charge is 0.320 e. The summed E-state index contributed by atoms with van der Waals surface area (Å²) >= 11 is 6.54. The van der Waals surface area contributed by atoms with E-state index in [0.717, 1.165) is 31.2 Å². The number of hydrogen-bond donors (Lipinski definition) is 2. The number of esters is 1. The van der Waals surface area contributed by atoms with Crippen LogP contribution in [0.4, 0.5) is 30.6 Å². The van der Waals surface area contributed by atoms with Gasteiger partial charge in [0.15, 0.2) is 11.6 Å². The van der Waals surface area contributed by atoms with Gasteiger partial charge in [0.25, 0.3) is 0 Å². The molecule has 12 heteroatoms. The van der Waals surface area contributed by atoms with Gasteiger partial charge in [0, 0.05) is 22.8 Å². The van der Waals surface area contributed by atoms with Crippen molar-refractivity contribution in [1.29, 1.82) is 0 Å². The number of aromatic nitrogens is 2. The highest BCUT2D eigenvalue weighted by molar-refractivity contribution is 6.31. The van der Waals surface area contributed by atoms with E-state index in [1.807, 2.05) is 13.0 Å². The van der Waals surface area contributed by atoms with E-state index in [9.17, 15) is 22.8 Å². The number of benzene rings is 2. The molecule has 2 aromatic carbocycles. The van der Waals surface area contributed by atoms with Crippen molar-refractivity contribution in [1.82, 2.24) is 10.2 Å². The van der Waals surface area contributed by atoms with Crippen molar-refractivity contribution in [3.63, 3.8) is 0 Å². The molecule has 2 N–H and O–H groups in total. The van der Waals surface area contributed by atoms with Crippen LogP contribution in [0.1, 0.15) is 61.7 Å².